The van der Waals surface area contributed by atoms with Crippen molar-refractivity contribution in [2.75, 3.05) is 11.9 Å². The summed E-state index contributed by atoms with van der Waals surface area (Å²) >= 11 is 5.14. The molecule has 3 rings (SSSR count). The number of thiazole rings is 1. The van der Waals surface area contributed by atoms with Gasteiger partial charge in [0.25, 0.3) is 0 Å². The van der Waals surface area contributed by atoms with Gasteiger partial charge in [0, 0.05) is 30.7 Å². The first-order valence-corrected chi connectivity index (χ1v) is 7.60. The summed E-state index contributed by atoms with van der Waals surface area (Å²) in [7, 11) is 1.93. The topological polar surface area (TPSA) is 42.7 Å². The lowest BCUT2D eigenvalue weighted by molar-refractivity contribution is 0.742. The highest BCUT2D eigenvalue weighted by Gasteiger charge is 2.04. The summed E-state index contributed by atoms with van der Waals surface area (Å²) in [6.45, 7) is 0.845. The van der Waals surface area contributed by atoms with Gasteiger partial charge in [-0.3, -0.25) is 4.68 Å². The van der Waals surface area contributed by atoms with E-state index in [1.807, 2.05) is 36.1 Å². The number of nitrogens with zero attached hydrogens (tertiary/aromatic N) is 3. The van der Waals surface area contributed by atoms with Crippen molar-refractivity contribution in [3.05, 3.63) is 40.6 Å². The molecule has 0 aliphatic carbocycles. The molecular weight excluding hydrogens is 324 g/mol. The minimum absolute atomic E-state index is 0.845. The van der Waals surface area contributed by atoms with Crippen LogP contribution in [0.2, 0.25) is 0 Å². The van der Waals surface area contributed by atoms with Gasteiger partial charge < -0.3 is 5.32 Å². The number of aryl methyl sites for hydroxylation is 1. The average molecular weight is 337 g/mol. The predicted octanol–water partition coefficient (Wildman–Crippen LogP) is 3.45. The minimum atomic E-state index is 0.845. The molecule has 3 aromatic rings. The van der Waals surface area contributed by atoms with Gasteiger partial charge in [0.1, 0.15) is 0 Å². The number of hydrogen-bond acceptors (Lipinski definition) is 4. The molecule has 2 aromatic heterocycles. The van der Waals surface area contributed by atoms with Crippen LogP contribution in [0.15, 0.2) is 34.9 Å². The van der Waals surface area contributed by atoms with Crippen LogP contribution in [0.4, 0.5) is 5.13 Å². The molecule has 0 saturated carbocycles. The van der Waals surface area contributed by atoms with Gasteiger partial charge in [0.05, 0.1) is 15.9 Å². The second-order valence-corrected chi connectivity index (χ2v) is 6.23. The van der Waals surface area contributed by atoms with Crippen LogP contribution in [0.1, 0.15) is 5.69 Å². The van der Waals surface area contributed by atoms with Crippen LogP contribution in [-0.4, -0.2) is 21.3 Å². The molecular formula is C13H13BrN4S. The highest BCUT2D eigenvalue weighted by Crippen LogP contribution is 2.27. The van der Waals surface area contributed by atoms with E-state index in [0.29, 0.717) is 0 Å². The zero-order valence-electron chi connectivity index (χ0n) is 10.4. The van der Waals surface area contributed by atoms with E-state index in [9.17, 15) is 0 Å². The normalized spacial score (nSPS) is 11.1. The highest BCUT2D eigenvalue weighted by atomic mass is 79.9. The Morgan fingerprint density at radius 1 is 1.37 bits per heavy atom. The molecule has 0 aliphatic rings. The van der Waals surface area contributed by atoms with Crippen LogP contribution < -0.4 is 5.32 Å². The predicted molar refractivity (Wildman–Crippen MR) is 82.7 cm³/mol. The Labute approximate surface area is 123 Å². The SMILES string of the molecule is Cn1ccc(CCNc2nc3cc(Br)ccc3s2)n1. The molecule has 0 radical (unpaired) electrons. The Kier molecular flexibility index (Phi) is 3.52. The monoisotopic (exact) mass is 336 g/mol. The molecule has 0 spiro atoms. The third-order valence-corrected chi connectivity index (χ3v) is 4.26. The molecule has 1 aromatic carbocycles. The number of hydrogen-bond donors (Lipinski definition) is 1. The quantitative estimate of drug-likeness (QED) is 0.793. The van der Waals surface area contributed by atoms with Gasteiger partial charge >= 0.3 is 0 Å². The molecule has 6 heteroatoms. The van der Waals surface area contributed by atoms with E-state index in [1.165, 1.54) is 4.70 Å². The summed E-state index contributed by atoms with van der Waals surface area (Å²) in [5.41, 5.74) is 2.12. The van der Waals surface area contributed by atoms with Gasteiger partial charge in [-0.2, -0.15) is 5.10 Å². The molecule has 1 N–H and O–H groups in total. The van der Waals surface area contributed by atoms with Gasteiger partial charge in [-0.15, -0.1) is 0 Å². The summed E-state index contributed by atoms with van der Waals surface area (Å²) < 4.78 is 4.08. The zero-order valence-corrected chi connectivity index (χ0v) is 12.8. The molecule has 0 atom stereocenters. The molecule has 2 heterocycles. The molecule has 19 heavy (non-hydrogen) atoms. The van der Waals surface area contributed by atoms with Crippen LogP contribution in [0.3, 0.4) is 0 Å². The van der Waals surface area contributed by atoms with E-state index in [1.54, 1.807) is 11.3 Å². The Bertz CT molecular complexity index is 704. The van der Waals surface area contributed by atoms with Crippen LogP contribution in [0.5, 0.6) is 0 Å². The van der Waals surface area contributed by atoms with Crippen LogP contribution >= 0.6 is 27.3 Å². The first-order chi connectivity index (χ1) is 9.20. The molecule has 0 fully saturated rings. The number of benzene rings is 1. The van der Waals surface area contributed by atoms with Gasteiger partial charge in [-0.05, 0) is 24.3 Å². The van der Waals surface area contributed by atoms with Crippen molar-refractivity contribution in [3.8, 4) is 0 Å². The lowest BCUT2D eigenvalue weighted by Gasteiger charge is -1.99. The molecule has 98 valence electrons. The van der Waals surface area contributed by atoms with Crippen molar-refractivity contribution < 1.29 is 0 Å². The smallest absolute Gasteiger partial charge is 0.183 e. The van der Waals surface area contributed by atoms with Crippen LogP contribution in [-0.2, 0) is 13.5 Å². The lowest BCUT2D eigenvalue weighted by atomic mass is 10.3. The van der Waals surface area contributed by atoms with Crippen molar-refractivity contribution in [2.24, 2.45) is 7.05 Å². The van der Waals surface area contributed by atoms with Crippen molar-refractivity contribution >= 4 is 42.6 Å². The summed E-state index contributed by atoms with van der Waals surface area (Å²) in [6, 6.07) is 8.20. The molecule has 0 saturated heterocycles. The Balaban J connectivity index is 1.65. The third-order valence-electron chi connectivity index (χ3n) is 2.78. The van der Waals surface area contributed by atoms with Crippen LogP contribution in [0.25, 0.3) is 10.2 Å². The minimum Gasteiger partial charge on any atom is -0.361 e. The van der Waals surface area contributed by atoms with E-state index in [0.717, 1.165) is 33.8 Å². The first-order valence-electron chi connectivity index (χ1n) is 5.99. The first kappa shape index (κ1) is 12.6. The molecule has 4 nitrogen and oxygen atoms in total. The number of halogens is 1. The van der Waals surface area contributed by atoms with Gasteiger partial charge in [-0.25, -0.2) is 4.98 Å². The van der Waals surface area contributed by atoms with E-state index >= 15 is 0 Å². The summed E-state index contributed by atoms with van der Waals surface area (Å²) in [5.74, 6) is 0. The van der Waals surface area contributed by atoms with Crippen molar-refractivity contribution in [3.63, 3.8) is 0 Å². The highest BCUT2D eigenvalue weighted by molar-refractivity contribution is 9.10. The second kappa shape index (κ2) is 5.30. The maximum atomic E-state index is 4.56. The largest absolute Gasteiger partial charge is 0.361 e. The standard InChI is InChI=1S/C13H13BrN4S/c1-18-7-5-10(17-18)4-6-15-13-16-11-8-9(14)2-3-12(11)19-13/h2-3,5,7-8H,4,6H2,1H3,(H,15,16). The van der Waals surface area contributed by atoms with Gasteiger partial charge in [-0.1, -0.05) is 27.3 Å². The molecule has 0 aliphatic heterocycles. The van der Waals surface area contributed by atoms with Crippen molar-refractivity contribution in [1.82, 2.24) is 14.8 Å². The number of anilines is 1. The molecule has 0 amide bonds. The second-order valence-electron chi connectivity index (χ2n) is 4.29. The number of fused-ring (bicyclic) bond motifs is 1. The molecule has 0 bridgehead atoms. The maximum Gasteiger partial charge on any atom is 0.183 e. The maximum absolute atomic E-state index is 4.56. The average Bonchev–Trinajstić information content (AvgIpc) is 2.95. The van der Waals surface area contributed by atoms with Crippen LogP contribution in [0, 0.1) is 0 Å². The fraction of sp³-hybridized carbons (Fsp3) is 0.231. The number of rotatable bonds is 4. The Morgan fingerprint density at radius 3 is 3.05 bits per heavy atom. The van der Waals surface area contributed by atoms with E-state index in [4.69, 9.17) is 0 Å². The molecule has 0 unspecified atom stereocenters. The van der Waals surface area contributed by atoms with Gasteiger partial charge in [0.2, 0.25) is 0 Å². The number of aromatic nitrogens is 3. The Morgan fingerprint density at radius 2 is 2.26 bits per heavy atom. The van der Waals surface area contributed by atoms with E-state index in [-0.39, 0.29) is 0 Å². The van der Waals surface area contributed by atoms with Crippen molar-refractivity contribution in [1.29, 1.82) is 0 Å². The summed E-state index contributed by atoms with van der Waals surface area (Å²) in [6.07, 6.45) is 2.87. The lowest BCUT2D eigenvalue weighted by Crippen LogP contribution is -2.05. The van der Waals surface area contributed by atoms with E-state index in [2.05, 4.69) is 37.4 Å². The number of nitrogens with one attached hydrogen (secondary N) is 1. The summed E-state index contributed by atoms with van der Waals surface area (Å²) in [4.78, 5) is 4.56. The van der Waals surface area contributed by atoms with E-state index < -0.39 is 0 Å². The zero-order chi connectivity index (χ0) is 13.2. The fourth-order valence-corrected chi connectivity index (χ4v) is 3.09. The fourth-order valence-electron chi connectivity index (χ4n) is 1.87. The van der Waals surface area contributed by atoms with Crippen molar-refractivity contribution in [2.45, 2.75) is 6.42 Å². The Hall–Kier alpha value is -1.40. The third kappa shape index (κ3) is 2.96. The van der Waals surface area contributed by atoms with Gasteiger partial charge in [0.15, 0.2) is 5.13 Å². The summed E-state index contributed by atoms with van der Waals surface area (Å²) in [5, 5.41) is 8.67.